The fourth-order valence-corrected chi connectivity index (χ4v) is 9.25. The van der Waals surface area contributed by atoms with Crippen LogP contribution in [0.4, 0.5) is 0 Å². The topological polar surface area (TPSA) is 69.4 Å². The smallest absolute Gasteiger partial charge is 0.223 e. The SMILES string of the molecule is CC1=C(OCCC(C)C)C(=O)C=C2C1=CC=C1[C@@]2(C)CC[C@@]2(C)[C@@H]3C[C@](C)(C(N)=O)CC[C@]3(C)CC[C@]12C. The normalized spacial score (nSPS) is 42.3. The number of ether oxygens (including phenoxy) is 1. The summed E-state index contributed by atoms with van der Waals surface area (Å²) in [7, 11) is 0. The van der Waals surface area contributed by atoms with Crippen LogP contribution in [0.5, 0.6) is 0 Å². The molecule has 0 radical (unpaired) electrons. The molecule has 0 saturated heterocycles. The largest absolute Gasteiger partial charge is 0.489 e. The van der Waals surface area contributed by atoms with Crippen LogP contribution in [0.2, 0.25) is 0 Å². The maximum absolute atomic E-state index is 13.4. The molecule has 2 N–H and O–H groups in total. The lowest BCUT2D eigenvalue weighted by atomic mass is 9.34. The van der Waals surface area contributed by atoms with E-state index in [0.29, 0.717) is 24.2 Å². The summed E-state index contributed by atoms with van der Waals surface area (Å²) < 4.78 is 6.05. The summed E-state index contributed by atoms with van der Waals surface area (Å²) in [5.41, 5.74) is 10.5. The molecule has 208 valence electrons. The standard InChI is InChI=1S/C34H49NO3/c1-21(2)11-18-38-28-22(3)23-9-10-26-32(6,24(23)19-25(28)36)15-17-34(8)27-20-31(5,29(35)37)13-12-30(27,4)14-16-33(26,34)7/h9-10,19,21,27H,11-18,20H2,1-8H3,(H2,35,37)/t27-,30-,31-,32+,33-,34+/m1/s1. The second-order valence-corrected chi connectivity index (χ2v) is 15.0. The molecular formula is C34H49NO3. The van der Waals surface area contributed by atoms with Crippen molar-refractivity contribution in [1.29, 1.82) is 0 Å². The Kier molecular flexibility index (Phi) is 6.29. The van der Waals surface area contributed by atoms with Gasteiger partial charge in [0.15, 0.2) is 5.76 Å². The van der Waals surface area contributed by atoms with E-state index < -0.39 is 5.41 Å². The number of fused-ring (bicyclic) bond motifs is 7. The number of nitrogens with two attached hydrogens (primary N) is 1. The molecule has 0 bridgehead atoms. The van der Waals surface area contributed by atoms with Crippen molar-refractivity contribution in [3.8, 4) is 0 Å². The molecule has 0 aliphatic heterocycles. The van der Waals surface area contributed by atoms with Crippen LogP contribution in [0.15, 0.2) is 46.3 Å². The van der Waals surface area contributed by atoms with E-state index in [1.54, 1.807) is 0 Å². The van der Waals surface area contributed by atoms with Gasteiger partial charge >= 0.3 is 0 Å². The minimum absolute atomic E-state index is 0.00233. The maximum Gasteiger partial charge on any atom is 0.223 e. The van der Waals surface area contributed by atoms with Crippen LogP contribution in [-0.2, 0) is 14.3 Å². The van der Waals surface area contributed by atoms with Gasteiger partial charge < -0.3 is 10.5 Å². The van der Waals surface area contributed by atoms with Crippen LogP contribution in [0.1, 0.15) is 107 Å². The van der Waals surface area contributed by atoms with Crippen molar-refractivity contribution in [3.05, 3.63) is 46.3 Å². The van der Waals surface area contributed by atoms with Gasteiger partial charge in [-0.3, -0.25) is 9.59 Å². The Balaban J connectivity index is 1.55. The second kappa shape index (κ2) is 8.70. The Morgan fingerprint density at radius 2 is 1.71 bits per heavy atom. The number of primary amides is 1. The summed E-state index contributed by atoms with van der Waals surface area (Å²) in [6, 6.07) is 0. The van der Waals surface area contributed by atoms with E-state index in [0.717, 1.165) is 50.5 Å². The lowest BCUT2D eigenvalue weighted by Gasteiger charge is -2.70. The van der Waals surface area contributed by atoms with E-state index in [2.05, 4.69) is 67.5 Å². The fourth-order valence-electron chi connectivity index (χ4n) is 9.25. The average molecular weight is 520 g/mol. The van der Waals surface area contributed by atoms with Crippen molar-refractivity contribution >= 4 is 11.7 Å². The molecule has 0 heterocycles. The molecule has 0 aromatic carbocycles. The predicted molar refractivity (Wildman–Crippen MR) is 153 cm³/mol. The minimum atomic E-state index is -0.424. The van der Waals surface area contributed by atoms with Gasteiger partial charge in [-0.15, -0.1) is 0 Å². The molecule has 5 aliphatic rings. The van der Waals surface area contributed by atoms with Gasteiger partial charge in [-0.05, 0) is 104 Å². The van der Waals surface area contributed by atoms with Crippen LogP contribution < -0.4 is 5.73 Å². The first-order valence-corrected chi connectivity index (χ1v) is 15.0. The van der Waals surface area contributed by atoms with Gasteiger partial charge in [-0.25, -0.2) is 0 Å². The van der Waals surface area contributed by atoms with Crippen molar-refractivity contribution < 1.29 is 14.3 Å². The Bertz CT molecular complexity index is 1200. The van der Waals surface area contributed by atoms with E-state index in [1.165, 1.54) is 23.1 Å². The summed E-state index contributed by atoms with van der Waals surface area (Å²) in [5, 5.41) is 0. The highest BCUT2D eigenvalue weighted by Gasteiger charge is 2.67. The molecule has 0 spiro atoms. The number of hydrogen-bond donors (Lipinski definition) is 1. The van der Waals surface area contributed by atoms with Crippen molar-refractivity contribution in [2.24, 2.45) is 44.6 Å². The second-order valence-electron chi connectivity index (χ2n) is 15.0. The summed E-state index contributed by atoms with van der Waals surface area (Å²) >= 11 is 0. The molecule has 6 atom stereocenters. The molecule has 0 aromatic heterocycles. The number of hydrogen-bond acceptors (Lipinski definition) is 3. The van der Waals surface area contributed by atoms with Crippen LogP contribution in [0.3, 0.4) is 0 Å². The highest BCUT2D eigenvalue weighted by molar-refractivity contribution is 6.07. The first kappa shape index (κ1) is 27.5. The fraction of sp³-hybridized carbons (Fsp3) is 0.706. The van der Waals surface area contributed by atoms with E-state index in [9.17, 15) is 9.59 Å². The first-order chi connectivity index (χ1) is 17.6. The van der Waals surface area contributed by atoms with Gasteiger partial charge in [-0.1, -0.05) is 66.2 Å². The van der Waals surface area contributed by atoms with E-state index >= 15 is 0 Å². The Morgan fingerprint density at radius 1 is 1.03 bits per heavy atom. The van der Waals surface area contributed by atoms with Crippen LogP contribution in [0.25, 0.3) is 0 Å². The third-order valence-corrected chi connectivity index (χ3v) is 12.4. The summed E-state index contributed by atoms with van der Waals surface area (Å²) in [6.45, 7) is 18.9. The molecule has 5 aliphatic carbocycles. The lowest BCUT2D eigenvalue weighted by molar-refractivity contribution is -0.167. The number of carbonyl (C=O) groups excluding carboxylic acids is 2. The third-order valence-electron chi connectivity index (χ3n) is 12.4. The van der Waals surface area contributed by atoms with Gasteiger partial charge in [0.1, 0.15) is 0 Å². The molecule has 4 heteroatoms. The van der Waals surface area contributed by atoms with Gasteiger partial charge in [0.05, 0.1) is 6.61 Å². The molecule has 0 aromatic rings. The van der Waals surface area contributed by atoms with E-state index in [1.807, 2.05) is 6.08 Å². The molecule has 5 rings (SSSR count). The first-order valence-electron chi connectivity index (χ1n) is 15.0. The number of ketones is 1. The van der Waals surface area contributed by atoms with Gasteiger partial charge in [-0.2, -0.15) is 0 Å². The maximum atomic E-state index is 13.4. The third kappa shape index (κ3) is 3.68. The van der Waals surface area contributed by atoms with Crippen molar-refractivity contribution in [3.63, 3.8) is 0 Å². The van der Waals surface area contributed by atoms with E-state index in [-0.39, 0.29) is 33.4 Å². The predicted octanol–water partition coefficient (Wildman–Crippen LogP) is 7.60. The molecule has 1 amide bonds. The number of allylic oxidation sites excluding steroid dienone is 7. The number of rotatable bonds is 5. The quantitative estimate of drug-likeness (QED) is 0.406. The summed E-state index contributed by atoms with van der Waals surface area (Å²) in [5.74, 6) is 1.38. The minimum Gasteiger partial charge on any atom is -0.489 e. The van der Waals surface area contributed by atoms with Crippen LogP contribution in [-0.4, -0.2) is 18.3 Å². The van der Waals surface area contributed by atoms with Crippen molar-refractivity contribution in [2.75, 3.05) is 6.61 Å². The zero-order valence-corrected chi connectivity index (χ0v) is 25.1. The lowest BCUT2D eigenvalue weighted by Crippen LogP contribution is -2.62. The van der Waals surface area contributed by atoms with Crippen molar-refractivity contribution in [2.45, 2.75) is 107 Å². The van der Waals surface area contributed by atoms with Crippen molar-refractivity contribution in [1.82, 2.24) is 0 Å². The Labute approximate surface area is 230 Å². The summed E-state index contributed by atoms with van der Waals surface area (Å²) in [6.07, 6.45) is 14.8. The van der Waals surface area contributed by atoms with Gasteiger partial charge in [0.2, 0.25) is 11.7 Å². The highest BCUT2D eigenvalue weighted by Crippen LogP contribution is 2.75. The molecule has 0 unspecified atom stereocenters. The van der Waals surface area contributed by atoms with Crippen LogP contribution >= 0.6 is 0 Å². The monoisotopic (exact) mass is 519 g/mol. The zero-order chi connectivity index (χ0) is 27.9. The molecule has 3 saturated carbocycles. The van der Waals surface area contributed by atoms with Gasteiger partial charge in [0, 0.05) is 16.4 Å². The zero-order valence-electron chi connectivity index (χ0n) is 25.1. The average Bonchev–Trinajstić information content (AvgIpc) is 2.84. The molecule has 38 heavy (non-hydrogen) atoms. The number of carbonyl (C=O) groups is 2. The molecule has 4 nitrogen and oxygen atoms in total. The van der Waals surface area contributed by atoms with Gasteiger partial charge in [0.25, 0.3) is 0 Å². The molecule has 3 fully saturated rings. The van der Waals surface area contributed by atoms with Crippen LogP contribution in [0, 0.1) is 38.9 Å². The Morgan fingerprint density at radius 3 is 2.37 bits per heavy atom. The number of amides is 1. The highest BCUT2D eigenvalue weighted by atomic mass is 16.5. The summed E-state index contributed by atoms with van der Waals surface area (Å²) in [4.78, 5) is 26.0. The Hall–Kier alpha value is -2.10. The molecular weight excluding hydrogens is 470 g/mol. The van der Waals surface area contributed by atoms with E-state index in [4.69, 9.17) is 10.5 Å².